The largest absolute Gasteiger partial charge is 0.332 e. The molecule has 7 heteroatoms. The van der Waals surface area contributed by atoms with Crippen LogP contribution in [0.3, 0.4) is 0 Å². The topological polar surface area (TPSA) is 52.7 Å². The lowest BCUT2D eigenvalue weighted by Gasteiger charge is -2.33. The number of carbonyl (C=O) groups excluding carboxylic acids is 2. The first kappa shape index (κ1) is 15.4. The molecule has 1 saturated heterocycles. The van der Waals surface area contributed by atoms with Gasteiger partial charge in [-0.3, -0.25) is 9.59 Å². The first-order valence-corrected chi connectivity index (χ1v) is 6.79. The molecule has 1 aliphatic rings. The van der Waals surface area contributed by atoms with E-state index >= 15 is 0 Å². The van der Waals surface area contributed by atoms with Gasteiger partial charge in [-0.15, -0.1) is 0 Å². The smallest absolute Gasteiger partial charge is 0.313 e. The van der Waals surface area contributed by atoms with Crippen LogP contribution in [0, 0.1) is 11.6 Å². The molecule has 0 aliphatic carbocycles. The molecule has 2 rings (SSSR count). The summed E-state index contributed by atoms with van der Waals surface area (Å²) in [4.78, 5) is 27.4. The van der Waals surface area contributed by atoms with E-state index in [0.717, 1.165) is 31.8 Å². The number of nitrogens with one attached hydrogen (secondary N) is 1. The van der Waals surface area contributed by atoms with Crippen LogP contribution in [0.15, 0.2) is 18.2 Å². The average Bonchev–Trinajstić information content (AvgIpc) is 2.50. The first-order chi connectivity index (χ1) is 10.0. The third kappa shape index (κ3) is 3.75. The van der Waals surface area contributed by atoms with E-state index < -0.39 is 23.4 Å². The Hall–Kier alpha value is -2.02. The number of halogens is 2. The highest BCUT2D eigenvalue weighted by atomic mass is 19.2. The lowest BCUT2D eigenvalue weighted by atomic mass is 10.2. The molecule has 2 amide bonds. The van der Waals surface area contributed by atoms with Crippen molar-refractivity contribution in [2.75, 3.05) is 38.0 Å². The molecule has 0 radical (unpaired) electrons. The molecule has 21 heavy (non-hydrogen) atoms. The highest BCUT2D eigenvalue weighted by molar-refractivity contribution is 6.39. The SMILES string of the molecule is CCN1CCN(C(=O)C(=O)Nc2ccc(F)c(F)c2)CC1. The molecule has 1 aromatic carbocycles. The van der Waals surface area contributed by atoms with Gasteiger partial charge in [-0.2, -0.15) is 0 Å². The third-order valence-corrected chi connectivity index (χ3v) is 3.48. The maximum atomic E-state index is 13.0. The van der Waals surface area contributed by atoms with Crippen LogP contribution in [0.4, 0.5) is 14.5 Å². The monoisotopic (exact) mass is 297 g/mol. The summed E-state index contributed by atoms with van der Waals surface area (Å²) in [5, 5.41) is 2.28. The molecule has 5 nitrogen and oxygen atoms in total. The molecule has 0 aromatic heterocycles. The van der Waals surface area contributed by atoms with Gasteiger partial charge in [0.15, 0.2) is 11.6 Å². The molecule has 1 aliphatic heterocycles. The van der Waals surface area contributed by atoms with Gasteiger partial charge >= 0.3 is 11.8 Å². The van der Waals surface area contributed by atoms with E-state index in [1.807, 2.05) is 6.92 Å². The molecule has 1 N–H and O–H groups in total. The van der Waals surface area contributed by atoms with E-state index in [1.54, 1.807) is 0 Å². The molecular weight excluding hydrogens is 280 g/mol. The summed E-state index contributed by atoms with van der Waals surface area (Å²) in [5.74, 6) is -3.58. The van der Waals surface area contributed by atoms with Crippen LogP contribution in [0.2, 0.25) is 0 Å². The van der Waals surface area contributed by atoms with E-state index in [2.05, 4.69) is 10.2 Å². The van der Waals surface area contributed by atoms with Crippen molar-refractivity contribution >= 4 is 17.5 Å². The third-order valence-electron chi connectivity index (χ3n) is 3.48. The Kier molecular flexibility index (Phi) is 4.85. The maximum absolute atomic E-state index is 13.0. The maximum Gasteiger partial charge on any atom is 0.313 e. The van der Waals surface area contributed by atoms with Crippen molar-refractivity contribution in [2.45, 2.75) is 6.92 Å². The number of carbonyl (C=O) groups is 2. The van der Waals surface area contributed by atoms with Crippen molar-refractivity contribution < 1.29 is 18.4 Å². The van der Waals surface area contributed by atoms with Crippen molar-refractivity contribution in [2.24, 2.45) is 0 Å². The number of hydrogen-bond donors (Lipinski definition) is 1. The van der Waals surface area contributed by atoms with Crippen LogP contribution < -0.4 is 5.32 Å². The van der Waals surface area contributed by atoms with E-state index in [4.69, 9.17) is 0 Å². The Morgan fingerprint density at radius 1 is 1.14 bits per heavy atom. The second-order valence-electron chi connectivity index (χ2n) is 4.81. The Bertz CT molecular complexity index is 543. The summed E-state index contributed by atoms with van der Waals surface area (Å²) in [5.41, 5.74) is 0.0550. The van der Waals surface area contributed by atoms with Crippen molar-refractivity contribution in [1.82, 2.24) is 9.80 Å². The van der Waals surface area contributed by atoms with Gasteiger partial charge in [-0.25, -0.2) is 8.78 Å². The number of amides is 2. The molecule has 1 fully saturated rings. The second kappa shape index (κ2) is 6.62. The van der Waals surface area contributed by atoms with E-state index in [-0.39, 0.29) is 5.69 Å². The summed E-state index contributed by atoms with van der Waals surface area (Å²) in [6.45, 7) is 5.35. The van der Waals surface area contributed by atoms with Crippen molar-refractivity contribution in [3.05, 3.63) is 29.8 Å². The second-order valence-corrected chi connectivity index (χ2v) is 4.81. The van der Waals surface area contributed by atoms with Gasteiger partial charge in [0.1, 0.15) is 0 Å². The minimum absolute atomic E-state index is 0.0550. The van der Waals surface area contributed by atoms with Crippen molar-refractivity contribution in [3.8, 4) is 0 Å². The summed E-state index contributed by atoms with van der Waals surface area (Å²) in [7, 11) is 0. The molecule has 1 aromatic rings. The fraction of sp³-hybridized carbons (Fsp3) is 0.429. The molecule has 114 valence electrons. The number of rotatable bonds is 2. The fourth-order valence-electron chi connectivity index (χ4n) is 2.17. The van der Waals surface area contributed by atoms with Gasteiger partial charge in [0.25, 0.3) is 0 Å². The summed E-state index contributed by atoms with van der Waals surface area (Å²) < 4.78 is 25.8. The van der Waals surface area contributed by atoms with Gasteiger partial charge in [0.2, 0.25) is 0 Å². The molecule has 0 saturated carbocycles. The normalized spacial score (nSPS) is 15.9. The number of hydrogen-bond acceptors (Lipinski definition) is 3. The molecule has 1 heterocycles. The van der Waals surface area contributed by atoms with E-state index in [9.17, 15) is 18.4 Å². The molecule has 0 unspecified atom stereocenters. The molecule has 0 bridgehead atoms. The Morgan fingerprint density at radius 3 is 2.38 bits per heavy atom. The van der Waals surface area contributed by atoms with Gasteiger partial charge in [0, 0.05) is 37.9 Å². The Balaban J connectivity index is 1.93. The minimum atomic E-state index is -1.07. The van der Waals surface area contributed by atoms with Crippen LogP contribution in [0.5, 0.6) is 0 Å². The predicted molar refractivity (Wildman–Crippen MR) is 73.7 cm³/mol. The van der Waals surface area contributed by atoms with Crippen LogP contribution in [0.1, 0.15) is 6.92 Å². The minimum Gasteiger partial charge on any atom is -0.332 e. The van der Waals surface area contributed by atoms with Gasteiger partial charge in [-0.05, 0) is 18.7 Å². The van der Waals surface area contributed by atoms with Gasteiger partial charge < -0.3 is 15.1 Å². The number of anilines is 1. The lowest BCUT2D eigenvalue weighted by Crippen LogP contribution is -2.51. The van der Waals surface area contributed by atoms with Crippen LogP contribution in [-0.4, -0.2) is 54.3 Å². The van der Waals surface area contributed by atoms with Gasteiger partial charge in [-0.1, -0.05) is 6.92 Å². The summed E-state index contributed by atoms with van der Waals surface area (Å²) >= 11 is 0. The first-order valence-electron chi connectivity index (χ1n) is 6.79. The molecule has 0 spiro atoms. The van der Waals surface area contributed by atoms with Crippen molar-refractivity contribution in [1.29, 1.82) is 0 Å². The zero-order chi connectivity index (χ0) is 15.4. The van der Waals surface area contributed by atoms with Gasteiger partial charge in [0.05, 0.1) is 0 Å². The highest BCUT2D eigenvalue weighted by Gasteiger charge is 2.25. The molecule has 0 atom stereocenters. The number of nitrogens with zero attached hydrogens (tertiary/aromatic N) is 2. The summed E-state index contributed by atoms with van der Waals surface area (Å²) in [6.07, 6.45) is 0. The van der Waals surface area contributed by atoms with Crippen LogP contribution in [0.25, 0.3) is 0 Å². The van der Waals surface area contributed by atoms with Crippen molar-refractivity contribution in [3.63, 3.8) is 0 Å². The van der Waals surface area contributed by atoms with E-state index in [1.165, 1.54) is 11.0 Å². The Morgan fingerprint density at radius 2 is 1.81 bits per heavy atom. The number of benzene rings is 1. The van der Waals surface area contributed by atoms with Crippen LogP contribution >= 0.6 is 0 Å². The number of piperazine rings is 1. The average molecular weight is 297 g/mol. The standard InChI is InChI=1S/C14H17F2N3O2/c1-2-18-5-7-19(8-6-18)14(21)13(20)17-10-3-4-11(15)12(16)9-10/h3-4,9H,2,5-8H2,1H3,(H,17,20). The zero-order valence-electron chi connectivity index (χ0n) is 11.7. The predicted octanol–water partition coefficient (Wildman–Crippen LogP) is 1.07. The van der Waals surface area contributed by atoms with Crippen LogP contribution in [-0.2, 0) is 9.59 Å². The Labute approximate surface area is 121 Å². The molecular formula is C14H17F2N3O2. The number of likely N-dealkylation sites (N-methyl/N-ethyl adjacent to an activating group) is 1. The highest BCUT2D eigenvalue weighted by Crippen LogP contribution is 2.13. The lowest BCUT2D eigenvalue weighted by molar-refractivity contribution is -0.144. The quantitative estimate of drug-likeness (QED) is 0.831. The fourth-order valence-corrected chi connectivity index (χ4v) is 2.17. The van der Waals surface area contributed by atoms with E-state index in [0.29, 0.717) is 13.1 Å². The zero-order valence-corrected chi connectivity index (χ0v) is 11.7. The summed E-state index contributed by atoms with van der Waals surface area (Å²) in [6, 6.07) is 2.95.